The Labute approximate surface area is 227 Å². The van der Waals surface area contributed by atoms with Crippen LogP contribution in [0.2, 0.25) is 0 Å². The molecular weight excluding hydrogens is 524 g/mol. The number of halogens is 1. The number of nitrogens with zero attached hydrogens (tertiary/aromatic N) is 1. The van der Waals surface area contributed by atoms with E-state index in [0.29, 0.717) is 13.0 Å². The third kappa shape index (κ3) is 7.17. The van der Waals surface area contributed by atoms with E-state index in [1.54, 1.807) is 11.9 Å². The Balaban J connectivity index is 1.71. The van der Waals surface area contributed by atoms with Gasteiger partial charge in [-0.1, -0.05) is 119 Å². The van der Waals surface area contributed by atoms with Crippen molar-refractivity contribution in [3.8, 4) is 0 Å². The molecule has 188 valence electrons. The lowest BCUT2D eigenvalue weighted by Crippen LogP contribution is -2.50. The van der Waals surface area contributed by atoms with Crippen LogP contribution in [-0.4, -0.2) is 29.8 Å². The van der Waals surface area contributed by atoms with Gasteiger partial charge in [-0.2, -0.15) is 0 Å². The van der Waals surface area contributed by atoms with E-state index in [2.05, 4.69) is 45.5 Å². The number of carbonyl (C=O) groups excluding carboxylic acids is 2. The van der Waals surface area contributed by atoms with Crippen LogP contribution < -0.4 is 5.32 Å². The largest absolute Gasteiger partial charge is 0.357 e. The number of amides is 2. The first kappa shape index (κ1) is 26.4. The van der Waals surface area contributed by atoms with Crippen molar-refractivity contribution in [3.63, 3.8) is 0 Å². The fourth-order valence-corrected chi connectivity index (χ4v) is 5.09. The molecule has 4 aromatic rings. The predicted octanol–water partition coefficient (Wildman–Crippen LogP) is 6.36. The zero-order valence-corrected chi connectivity index (χ0v) is 22.5. The maximum atomic E-state index is 14.2. The quantitative estimate of drug-likeness (QED) is 0.248. The molecule has 5 heteroatoms. The van der Waals surface area contributed by atoms with Gasteiger partial charge in [0.25, 0.3) is 0 Å². The van der Waals surface area contributed by atoms with Crippen molar-refractivity contribution in [2.75, 3.05) is 7.05 Å². The van der Waals surface area contributed by atoms with Crippen LogP contribution in [0.3, 0.4) is 0 Å². The minimum absolute atomic E-state index is 0.0674. The Morgan fingerprint density at radius 3 is 1.84 bits per heavy atom. The van der Waals surface area contributed by atoms with Gasteiger partial charge in [-0.3, -0.25) is 9.59 Å². The SMILES string of the molecule is CNC(=O)[C@H](Cc1ccccc1)N(Cc1cccc(Br)c1)C(=O)CC(c1ccccc1)c1ccccc1. The third-order valence-electron chi connectivity index (χ3n) is 6.54. The lowest BCUT2D eigenvalue weighted by molar-refractivity contribution is -0.141. The Morgan fingerprint density at radius 1 is 0.757 bits per heavy atom. The Kier molecular flexibility index (Phi) is 9.28. The molecule has 0 aliphatic heterocycles. The van der Waals surface area contributed by atoms with Gasteiger partial charge >= 0.3 is 0 Å². The lowest BCUT2D eigenvalue weighted by atomic mass is 9.87. The first-order chi connectivity index (χ1) is 18.0. The number of benzene rings is 4. The van der Waals surface area contributed by atoms with E-state index < -0.39 is 6.04 Å². The Morgan fingerprint density at radius 2 is 1.30 bits per heavy atom. The summed E-state index contributed by atoms with van der Waals surface area (Å²) in [6.45, 7) is 0.333. The van der Waals surface area contributed by atoms with Crippen molar-refractivity contribution >= 4 is 27.7 Å². The molecule has 0 aliphatic rings. The topological polar surface area (TPSA) is 49.4 Å². The zero-order chi connectivity index (χ0) is 26.0. The average molecular weight is 556 g/mol. The highest BCUT2D eigenvalue weighted by Crippen LogP contribution is 2.30. The summed E-state index contributed by atoms with van der Waals surface area (Å²) in [4.78, 5) is 29.1. The summed E-state index contributed by atoms with van der Waals surface area (Å²) in [5.41, 5.74) is 4.11. The summed E-state index contributed by atoms with van der Waals surface area (Å²) in [5, 5.41) is 2.79. The minimum Gasteiger partial charge on any atom is -0.357 e. The molecule has 1 atom stereocenters. The van der Waals surface area contributed by atoms with Gasteiger partial charge in [-0.05, 0) is 34.4 Å². The molecule has 0 bridgehead atoms. The van der Waals surface area contributed by atoms with E-state index in [1.807, 2.05) is 91.0 Å². The summed E-state index contributed by atoms with van der Waals surface area (Å²) < 4.78 is 0.934. The van der Waals surface area contributed by atoms with Crippen LogP contribution in [-0.2, 0) is 22.6 Å². The number of carbonyl (C=O) groups is 2. The minimum atomic E-state index is -0.647. The highest BCUT2D eigenvalue weighted by Gasteiger charge is 2.31. The number of likely N-dealkylation sites (N-methyl/N-ethyl adjacent to an activating group) is 1. The molecule has 4 rings (SSSR count). The van der Waals surface area contributed by atoms with E-state index in [0.717, 1.165) is 26.7 Å². The summed E-state index contributed by atoms with van der Waals surface area (Å²) in [7, 11) is 1.62. The van der Waals surface area contributed by atoms with Crippen molar-refractivity contribution in [1.82, 2.24) is 10.2 Å². The van der Waals surface area contributed by atoms with Gasteiger partial charge in [-0.15, -0.1) is 0 Å². The standard InChI is InChI=1S/C32H31BrN2O2/c1-34-32(37)30(21-24-12-5-2-6-13-24)35(23-25-14-11-19-28(33)20-25)31(36)22-29(26-15-7-3-8-16-26)27-17-9-4-10-18-27/h2-20,29-30H,21-23H2,1H3,(H,34,37)/t30-/m0/s1. The molecule has 2 amide bonds. The van der Waals surface area contributed by atoms with Gasteiger partial charge in [-0.25, -0.2) is 0 Å². The first-order valence-electron chi connectivity index (χ1n) is 12.4. The van der Waals surface area contributed by atoms with Gasteiger partial charge in [0.05, 0.1) is 0 Å². The van der Waals surface area contributed by atoms with E-state index in [1.165, 1.54) is 0 Å². The van der Waals surface area contributed by atoms with Crippen LogP contribution in [0.1, 0.15) is 34.6 Å². The van der Waals surface area contributed by atoms with E-state index in [9.17, 15) is 9.59 Å². The van der Waals surface area contributed by atoms with Crippen LogP contribution in [0.25, 0.3) is 0 Å². The molecule has 0 unspecified atom stereocenters. The fourth-order valence-electron chi connectivity index (χ4n) is 4.64. The molecule has 0 heterocycles. The number of rotatable bonds is 10. The van der Waals surface area contributed by atoms with Gasteiger partial charge in [0.1, 0.15) is 6.04 Å². The summed E-state index contributed by atoms with van der Waals surface area (Å²) in [5.74, 6) is -0.368. The van der Waals surface area contributed by atoms with Crippen molar-refractivity contribution in [1.29, 1.82) is 0 Å². The molecule has 0 aromatic heterocycles. The van der Waals surface area contributed by atoms with Gasteiger partial charge in [0.15, 0.2) is 0 Å². The number of nitrogens with one attached hydrogen (secondary N) is 1. The molecule has 1 N–H and O–H groups in total. The van der Waals surface area contributed by atoms with Crippen molar-refractivity contribution in [3.05, 3.63) is 142 Å². The maximum absolute atomic E-state index is 14.2. The monoisotopic (exact) mass is 554 g/mol. The lowest BCUT2D eigenvalue weighted by Gasteiger charge is -2.32. The normalized spacial score (nSPS) is 11.6. The molecule has 4 nitrogen and oxygen atoms in total. The zero-order valence-electron chi connectivity index (χ0n) is 20.9. The molecule has 0 aliphatic carbocycles. The number of hydrogen-bond donors (Lipinski definition) is 1. The summed E-state index contributed by atoms with van der Waals surface area (Å²) in [6.07, 6.45) is 0.686. The van der Waals surface area contributed by atoms with Crippen molar-refractivity contribution < 1.29 is 9.59 Å². The van der Waals surface area contributed by atoms with Crippen LogP contribution in [0.5, 0.6) is 0 Å². The van der Waals surface area contributed by atoms with Gasteiger partial charge in [0.2, 0.25) is 11.8 Å². The van der Waals surface area contributed by atoms with Gasteiger partial charge in [0, 0.05) is 36.8 Å². The van der Waals surface area contributed by atoms with Crippen LogP contribution in [0, 0.1) is 0 Å². The second-order valence-electron chi connectivity index (χ2n) is 9.05. The second kappa shape index (κ2) is 13.0. The summed E-state index contributed by atoms with van der Waals surface area (Å²) >= 11 is 3.54. The molecule has 0 radical (unpaired) electrons. The first-order valence-corrected chi connectivity index (χ1v) is 13.2. The molecular formula is C32H31BrN2O2. The van der Waals surface area contributed by atoms with Gasteiger partial charge < -0.3 is 10.2 Å². The highest BCUT2D eigenvalue weighted by atomic mass is 79.9. The number of hydrogen-bond acceptors (Lipinski definition) is 2. The highest BCUT2D eigenvalue weighted by molar-refractivity contribution is 9.10. The van der Waals surface area contributed by atoms with Crippen molar-refractivity contribution in [2.45, 2.75) is 31.3 Å². The van der Waals surface area contributed by atoms with Crippen LogP contribution in [0.15, 0.2) is 120 Å². The van der Waals surface area contributed by atoms with E-state index >= 15 is 0 Å². The Bertz CT molecular complexity index is 1260. The second-order valence-corrected chi connectivity index (χ2v) is 9.97. The fraction of sp³-hybridized carbons (Fsp3) is 0.188. The molecule has 0 fully saturated rings. The molecule has 0 saturated carbocycles. The predicted molar refractivity (Wildman–Crippen MR) is 152 cm³/mol. The van der Waals surface area contributed by atoms with E-state index in [-0.39, 0.29) is 24.2 Å². The molecule has 4 aromatic carbocycles. The van der Waals surface area contributed by atoms with Crippen LogP contribution in [0.4, 0.5) is 0 Å². The molecule has 37 heavy (non-hydrogen) atoms. The summed E-state index contributed by atoms with van der Waals surface area (Å²) in [6, 6.07) is 37.3. The smallest absolute Gasteiger partial charge is 0.242 e. The third-order valence-corrected chi connectivity index (χ3v) is 7.04. The van der Waals surface area contributed by atoms with Crippen LogP contribution >= 0.6 is 15.9 Å². The molecule has 0 saturated heterocycles. The average Bonchev–Trinajstić information content (AvgIpc) is 2.94. The molecule has 0 spiro atoms. The van der Waals surface area contributed by atoms with Crippen molar-refractivity contribution in [2.24, 2.45) is 0 Å². The maximum Gasteiger partial charge on any atom is 0.242 e. The van der Waals surface area contributed by atoms with E-state index in [4.69, 9.17) is 0 Å². The Hall–Kier alpha value is -3.70.